The number of rotatable bonds is 7. The molecule has 0 aliphatic heterocycles. The predicted octanol–water partition coefficient (Wildman–Crippen LogP) is 2.28. The Bertz CT molecular complexity index is 141. The lowest BCUT2D eigenvalue weighted by atomic mass is 10.4. The number of aliphatic hydroxyl groups is 2. The van der Waals surface area contributed by atoms with Crippen LogP contribution in [-0.2, 0) is 0 Å². The summed E-state index contributed by atoms with van der Waals surface area (Å²) in [6.07, 6.45) is 7.11. The van der Waals surface area contributed by atoms with Crippen molar-refractivity contribution in [2.45, 2.75) is 19.8 Å². The molecule has 0 aromatic rings. The first-order valence-corrected chi connectivity index (χ1v) is 6.32. The third kappa shape index (κ3) is 8.17. The molecule has 0 atom stereocenters. The molecular formula is C10H19O2P. The molecule has 0 radical (unpaired) electrons. The maximum atomic E-state index is 8.62. The van der Waals surface area contributed by atoms with E-state index in [-0.39, 0.29) is 21.1 Å². The Hall–Kier alpha value is -0.170. The molecule has 76 valence electrons. The maximum Gasteiger partial charge on any atom is 0.0615 e. The lowest BCUT2D eigenvalue weighted by Crippen LogP contribution is -1.80. The average Bonchev–Trinajstić information content (AvgIpc) is 2.17. The molecule has 0 aliphatic rings. The Morgan fingerprint density at radius 1 is 1.08 bits per heavy atom. The molecule has 0 saturated heterocycles. The maximum absolute atomic E-state index is 8.62. The molecule has 0 saturated carbocycles. The van der Waals surface area contributed by atoms with Crippen molar-refractivity contribution >= 4 is 7.92 Å². The molecule has 2 N–H and O–H groups in total. The van der Waals surface area contributed by atoms with E-state index in [1.165, 1.54) is 12.8 Å². The van der Waals surface area contributed by atoms with Crippen molar-refractivity contribution in [2.75, 3.05) is 19.4 Å². The van der Waals surface area contributed by atoms with E-state index in [4.69, 9.17) is 10.2 Å². The van der Waals surface area contributed by atoms with Crippen molar-refractivity contribution in [3.05, 3.63) is 23.8 Å². The Balaban J connectivity index is 3.87. The van der Waals surface area contributed by atoms with Crippen molar-refractivity contribution in [1.82, 2.24) is 0 Å². The third-order valence-corrected chi connectivity index (χ3v) is 3.59. The number of hydrogen-bond acceptors (Lipinski definition) is 2. The first kappa shape index (κ1) is 12.8. The Morgan fingerprint density at radius 3 is 2.00 bits per heavy atom. The molecule has 0 aromatic heterocycles. The molecule has 0 unspecified atom stereocenters. The highest BCUT2D eigenvalue weighted by Gasteiger charge is 1.97. The minimum atomic E-state index is -0.259. The SMILES string of the molecule is CCCCP(/C=C/CO)/C=C/CO. The summed E-state index contributed by atoms with van der Waals surface area (Å²) in [7, 11) is -0.259. The fourth-order valence-electron chi connectivity index (χ4n) is 0.905. The summed E-state index contributed by atoms with van der Waals surface area (Å²) in [6, 6.07) is 0. The topological polar surface area (TPSA) is 40.5 Å². The molecule has 0 bridgehead atoms. The lowest BCUT2D eigenvalue weighted by Gasteiger charge is -2.06. The minimum Gasteiger partial charge on any atom is -0.392 e. The van der Waals surface area contributed by atoms with Gasteiger partial charge < -0.3 is 10.2 Å². The van der Waals surface area contributed by atoms with Gasteiger partial charge in [-0.05, 0) is 12.6 Å². The van der Waals surface area contributed by atoms with Crippen LogP contribution in [0.2, 0.25) is 0 Å². The van der Waals surface area contributed by atoms with Crippen molar-refractivity contribution < 1.29 is 10.2 Å². The molecule has 0 rings (SSSR count). The molecule has 2 nitrogen and oxygen atoms in total. The van der Waals surface area contributed by atoms with Gasteiger partial charge >= 0.3 is 0 Å². The van der Waals surface area contributed by atoms with Gasteiger partial charge in [-0.25, -0.2) is 0 Å². The molecule has 3 heteroatoms. The number of unbranched alkanes of at least 4 members (excludes halogenated alkanes) is 1. The van der Waals surface area contributed by atoms with E-state index in [0.29, 0.717) is 0 Å². The van der Waals surface area contributed by atoms with Crippen LogP contribution in [0.1, 0.15) is 19.8 Å². The smallest absolute Gasteiger partial charge is 0.0615 e. The Labute approximate surface area is 81.7 Å². The summed E-state index contributed by atoms with van der Waals surface area (Å²) in [5.41, 5.74) is 0. The second kappa shape index (κ2) is 9.91. The molecule has 0 amide bonds. The molecule has 0 heterocycles. The Kier molecular flexibility index (Phi) is 9.78. The minimum absolute atomic E-state index is 0.109. The monoisotopic (exact) mass is 202 g/mol. The van der Waals surface area contributed by atoms with Crippen LogP contribution in [0.25, 0.3) is 0 Å². The Morgan fingerprint density at radius 2 is 1.62 bits per heavy atom. The first-order valence-electron chi connectivity index (χ1n) is 4.66. The van der Waals surface area contributed by atoms with E-state index in [0.717, 1.165) is 6.16 Å². The summed E-state index contributed by atoms with van der Waals surface area (Å²) < 4.78 is 0. The van der Waals surface area contributed by atoms with Gasteiger partial charge in [0.15, 0.2) is 0 Å². The molecule has 0 aromatic carbocycles. The van der Waals surface area contributed by atoms with Gasteiger partial charge in [0.1, 0.15) is 0 Å². The van der Waals surface area contributed by atoms with Crippen LogP contribution in [0.4, 0.5) is 0 Å². The van der Waals surface area contributed by atoms with Crippen molar-refractivity contribution in [2.24, 2.45) is 0 Å². The third-order valence-electron chi connectivity index (χ3n) is 1.57. The molecule has 0 fully saturated rings. The fraction of sp³-hybridized carbons (Fsp3) is 0.600. The summed E-state index contributed by atoms with van der Waals surface area (Å²) in [4.78, 5) is 0. The van der Waals surface area contributed by atoms with Crippen LogP contribution in [0.5, 0.6) is 0 Å². The van der Waals surface area contributed by atoms with Crippen molar-refractivity contribution in [3.63, 3.8) is 0 Å². The van der Waals surface area contributed by atoms with E-state index in [1.807, 2.05) is 0 Å². The fourth-order valence-corrected chi connectivity index (χ4v) is 2.71. The van der Waals surface area contributed by atoms with Crippen LogP contribution in [0, 0.1) is 0 Å². The summed E-state index contributed by atoms with van der Waals surface area (Å²) in [6.45, 7) is 2.38. The van der Waals surface area contributed by atoms with E-state index in [1.54, 1.807) is 12.2 Å². The van der Waals surface area contributed by atoms with Crippen LogP contribution < -0.4 is 0 Å². The lowest BCUT2D eigenvalue weighted by molar-refractivity contribution is 0.343. The number of hydrogen-bond donors (Lipinski definition) is 2. The van der Waals surface area contributed by atoms with Crippen LogP contribution in [0.3, 0.4) is 0 Å². The van der Waals surface area contributed by atoms with Gasteiger partial charge in [-0.15, -0.1) is 0 Å². The first-order chi connectivity index (χ1) is 6.35. The molecule has 0 spiro atoms. The van der Waals surface area contributed by atoms with Gasteiger partial charge in [-0.1, -0.05) is 45.1 Å². The van der Waals surface area contributed by atoms with E-state index in [9.17, 15) is 0 Å². The second-order valence-corrected chi connectivity index (χ2v) is 4.80. The largest absolute Gasteiger partial charge is 0.392 e. The molecule has 13 heavy (non-hydrogen) atoms. The summed E-state index contributed by atoms with van der Waals surface area (Å²) >= 11 is 0. The van der Waals surface area contributed by atoms with E-state index >= 15 is 0 Å². The standard InChI is InChI=1S/C10H19O2P/c1-2-3-8-13(9-4-6-11)10-5-7-12/h4-5,9-12H,2-3,6-8H2,1H3/b9-4+,10-5+. The van der Waals surface area contributed by atoms with Crippen LogP contribution in [-0.4, -0.2) is 29.6 Å². The molecular weight excluding hydrogens is 183 g/mol. The quantitative estimate of drug-likeness (QED) is 0.622. The van der Waals surface area contributed by atoms with Gasteiger partial charge in [-0.2, -0.15) is 0 Å². The highest BCUT2D eigenvalue weighted by atomic mass is 31.1. The van der Waals surface area contributed by atoms with Crippen molar-refractivity contribution in [1.29, 1.82) is 0 Å². The zero-order valence-corrected chi connectivity index (χ0v) is 9.08. The van der Waals surface area contributed by atoms with Gasteiger partial charge in [0.05, 0.1) is 13.2 Å². The van der Waals surface area contributed by atoms with Gasteiger partial charge in [0.25, 0.3) is 0 Å². The van der Waals surface area contributed by atoms with Gasteiger partial charge in [0, 0.05) is 0 Å². The van der Waals surface area contributed by atoms with E-state index < -0.39 is 0 Å². The second-order valence-electron chi connectivity index (χ2n) is 2.73. The highest BCUT2D eigenvalue weighted by Crippen LogP contribution is 2.39. The number of aliphatic hydroxyl groups excluding tert-OH is 2. The summed E-state index contributed by atoms with van der Waals surface area (Å²) in [5, 5.41) is 17.2. The average molecular weight is 202 g/mol. The zero-order valence-electron chi connectivity index (χ0n) is 8.19. The highest BCUT2D eigenvalue weighted by molar-refractivity contribution is 7.64. The summed E-state index contributed by atoms with van der Waals surface area (Å²) in [5.74, 6) is 4.11. The molecule has 0 aliphatic carbocycles. The predicted molar refractivity (Wildman–Crippen MR) is 59.1 cm³/mol. The van der Waals surface area contributed by atoms with E-state index in [2.05, 4.69) is 18.6 Å². The van der Waals surface area contributed by atoms with Crippen LogP contribution in [0.15, 0.2) is 23.8 Å². The van der Waals surface area contributed by atoms with Gasteiger partial charge in [0.2, 0.25) is 0 Å². The van der Waals surface area contributed by atoms with Crippen molar-refractivity contribution in [3.8, 4) is 0 Å². The van der Waals surface area contributed by atoms with Gasteiger partial charge in [-0.3, -0.25) is 0 Å². The normalized spacial score (nSPS) is 12.3. The zero-order chi connectivity index (χ0) is 9.94. The van der Waals surface area contributed by atoms with Crippen LogP contribution >= 0.6 is 7.92 Å².